The summed E-state index contributed by atoms with van der Waals surface area (Å²) >= 11 is 0. The molecule has 108 valence electrons. The van der Waals surface area contributed by atoms with Crippen LogP contribution < -0.4 is 0 Å². The lowest BCUT2D eigenvalue weighted by atomic mass is 9.89. The van der Waals surface area contributed by atoms with Gasteiger partial charge in [-0.3, -0.25) is 14.3 Å². The van der Waals surface area contributed by atoms with Gasteiger partial charge in [0.2, 0.25) is 0 Å². The van der Waals surface area contributed by atoms with Crippen LogP contribution in [0.3, 0.4) is 0 Å². The lowest BCUT2D eigenvalue weighted by Gasteiger charge is -2.23. The largest absolute Gasteiger partial charge is 0.481 e. The maximum Gasteiger partial charge on any atom is 0.308 e. The van der Waals surface area contributed by atoms with E-state index in [1.54, 1.807) is 21.8 Å². The third-order valence-corrected chi connectivity index (χ3v) is 4.46. The van der Waals surface area contributed by atoms with Crippen molar-refractivity contribution >= 4 is 11.9 Å². The van der Waals surface area contributed by atoms with Crippen molar-refractivity contribution in [2.75, 3.05) is 0 Å². The molecule has 0 spiro atoms. The number of aliphatic carboxylic acids is 1. The fourth-order valence-corrected chi connectivity index (χ4v) is 3.61. The van der Waals surface area contributed by atoms with E-state index in [0.717, 1.165) is 19.3 Å². The number of rotatable bonds is 4. The fraction of sp³-hybridized carbons (Fsp3) is 0.643. The van der Waals surface area contributed by atoms with Crippen LogP contribution in [0.15, 0.2) is 12.3 Å². The van der Waals surface area contributed by atoms with Gasteiger partial charge < -0.3 is 10.0 Å². The van der Waals surface area contributed by atoms with Gasteiger partial charge in [0.25, 0.3) is 5.91 Å². The molecule has 3 heterocycles. The average Bonchev–Trinajstić information content (AvgIpc) is 3.11. The number of hydrogen-bond donors (Lipinski definition) is 1. The zero-order valence-electron chi connectivity index (χ0n) is 11.5. The van der Waals surface area contributed by atoms with E-state index in [2.05, 4.69) is 5.10 Å². The molecule has 1 N–H and O–H groups in total. The highest BCUT2D eigenvalue weighted by Gasteiger charge is 2.51. The number of amides is 1. The first-order valence-corrected chi connectivity index (χ1v) is 7.20. The number of carbonyl (C=O) groups is 2. The quantitative estimate of drug-likeness (QED) is 0.902. The number of carboxylic acids is 1. The van der Waals surface area contributed by atoms with Gasteiger partial charge in [0.1, 0.15) is 5.69 Å². The van der Waals surface area contributed by atoms with Crippen LogP contribution >= 0.6 is 0 Å². The zero-order chi connectivity index (χ0) is 14.3. The Morgan fingerprint density at radius 2 is 2.25 bits per heavy atom. The number of aryl methyl sites for hydroxylation is 1. The Kier molecular flexibility index (Phi) is 3.23. The topological polar surface area (TPSA) is 75.4 Å². The predicted molar refractivity (Wildman–Crippen MR) is 71.2 cm³/mol. The number of hydrogen-bond acceptors (Lipinski definition) is 3. The molecule has 2 fully saturated rings. The molecule has 20 heavy (non-hydrogen) atoms. The molecule has 2 aliphatic rings. The van der Waals surface area contributed by atoms with Crippen LogP contribution in [0.4, 0.5) is 0 Å². The van der Waals surface area contributed by atoms with Crippen molar-refractivity contribution in [1.29, 1.82) is 0 Å². The lowest BCUT2D eigenvalue weighted by molar-refractivity contribution is -0.142. The van der Waals surface area contributed by atoms with Crippen LogP contribution in [-0.2, 0) is 11.3 Å². The summed E-state index contributed by atoms with van der Waals surface area (Å²) < 4.78 is 1.72. The van der Waals surface area contributed by atoms with Crippen LogP contribution in [0.5, 0.6) is 0 Å². The molecule has 2 bridgehead atoms. The summed E-state index contributed by atoms with van der Waals surface area (Å²) in [6.07, 6.45) is 4.85. The first kappa shape index (κ1) is 13.1. The van der Waals surface area contributed by atoms with Crippen molar-refractivity contribution in [3.8, 4) is 0 Å². The summed E-state index contributed by atoms with van der Waals surface area (Å²) in [5, 5.41) is 13.4. The van der Waals surface area contributed by atoms with Crippen molar-refractivity contribution in [1.82, 2.24) is 14.7 Å². The third kappa shape index (κ3) is 1.90. The minimum Gasteiger partial charge on any atom is -0.481 e. The summed E-state index contributed by atoms with van der Waals surface area (Å²) in [4.78, 5) is 25.8. The fourth-order valence-electron chi connectivity index (χ4n) is 3.61. The van der Waals surface area contributed by atoms with E-state index in [-0.39, 0.29) is 18.0 Å². The molecular weight excluding hydrogens is 258 g/mol. The van der Waals surface area contributed by atoms with Crippen molar-refractivity contribution in [2.45, 2.75) is 51.2 Å². The Labute approximate surface area is 117 Å². The van der Waals surface area contributed by atoms with E-state index in [1.165, 1.54) is 0 Å². The minimum absolute atomic E-state index is 0.0628. The summed E-state index contributed by atoms with van der Waals surface area (Å²) in [5.74, 6) is -1.25. The van der Waals surface area contributed by atoms with E-state index in [9.17, 15) is 14.7 Å². The number of carbonyl (C=O) groups excluding carboxylic acids is 1. The molecule has 0 radical (unpaired) electrons. The van der Waals surface area contributed by atoms with E-state index < -0.39 is 11.9 Å². The van der Waals surface area contributed by atoms with Gasteiger partial charge in [-0.2, -0.15) is 5.10 Å². The van der Waals surface area contributed by atoms with E-state index >= 15 is 0 Å². The first-order chi connectivity index (χ1) is 9.63. The lowest BCUT2D eigenvalue weighted by Crippen LogP contribution is -2.38. The molecule has 2 aliphatic heterocycles. The van der Waals surface area contributed by atoms with Gasteiger partial charge in [0.05, 0.1) is 5.92 Å². The normalized spacial score (nSPS) is 28.1. The highest BCUT2D eigenvalue weighted by Crippen LogP contribution is 2.42. The minimum atomic E-state index is -0.780. The number of fused-ring (bicyclic) bond motifs is 2. The summed E-state index contributed by atoms with van der Waals surface area (Å²) in [6, 6.07) is 1.67. The molecule has 1 aromatic heterocycles. The SMILES string of the molecule is CCCn1nccc1C(=O)N1C2CCC1C(C(=O)O)C2. The van der Waals surface area contributed by atoms with E-state index in [0.29, 0.717) is 18.7 Å². The Bertz CT molecular complexity index is 540. The number of aromatic nitrogens is 2. The number of carboxylic acid groups (broad SMARTS) is 1. The Balaban J connectivity index is 1.84. The second-order valence-electron chi connectivity index (χ2n) is 5.63. The first-order valence-electron chi connectivity index (χ1n) is 7.20. The molecule has 3 rings (SSSR count). The highest BCUT2D eigenvalue weighted by atomic mass is 16.4. The molecular formula is C14H19N3O3. The van der Waals surface area contributed by atoms with Crippen LogP contribution in [0.1, 0.15) is 43.1 Å². The monoisotopic (exact) mass is 277 g/mol. The van der Waals surface area contributed by atoms with E-state index in [4.69, 9.17) is 0 Å². The predicted octanol–water partition coefficient (Wildman–Crippen LogP) is 1.37. The second-order valence-corrected chi connectivity index (χ2v) is 5.63. The highest BCUT2D eigenvalue weighted by molar-refractivity contribution is 5.94. The maximum atomic E-state index is 12.7. The second kappa shape index (κ2) is 4.92. The molecule has 1 amide bonds. The number of nitrogens with zero attached hydrogens (tertiary/aromatic N) is 3. The molecule has 3 unspecified atom stereocenters. The van der Waals surface area contributed by atoms with Crippen molar-refractivity contribution in [3.63, 3.8) is 0 Å². The van der Waals surface area contributed by atoms with Crippen LogP contribution in [0.2, 0.25) is 0 Å². The summed E-state index contributed by atoms with van der Waals surface area (Å²) in [5.41, 5.74) is 0.579. The molecule has 3 atom stereocenters. The average molecular weight is 277 g/mol. The van der Waals surface area contributed by atoms with Gasteiger partial charge in [0, 0.05) is 24.8 Å². The van der Waals surface area contributed by atoms with Gasteiger partial charge in [-0.05, 0) is 31.7 Å². The standard InChI is InChI=1S/C14H19N3O3/c1-2-7-16-12(5-6-15-16)13(18)17-9-3-4-11(17)10(8-9)14(19)20/h5-6,9-11H,2-4,7-8H2,1H3,(H,19,20). The van der Waals surface area contributed by atoms with Crippen LogP contribution in [0, 0.1) is 5.92 Å². The Morgan fingerprint density at radius 3 is 2.90 bits per heavy atom. The van der Waals surface area contributed by atoms with Crippen molar-refractivity contribution in [2.24, 2.45) is 5.92 Å². The zero-order valence-corrected chi connectivity index (χ0v) is 11.5. The van der Waals surface area contributed by atoms with Crippen molar-refractivity contribution in [3.05, 3.63) is 18.0 Å². The molecule has 0 aromatic carbocycles. The van der Waals surface area contributed by atoms with Gasteiger partial charge in [-0.25, -0.2) is 0 Å². The van der Waals surface area contributed by atoms with Gasteiger partial charge in [-0.15, -0.1) is 0 Å². The molecule has 6 nitrogen and oxygen atoms in total. The molecule has 0 saturated carbocycles. The third-order valence-electron chi connectivity index (χ3n) is 4.46. The maximum absolute atomic E-state index is 12.7. The van der Waals surface area contributed by atoms with Gasteiger partial charge in [-0.1, -0.05) is 6.92 Å². The van der Waals surface area contributed by atoms with E-state index in [1.807, 2.05) is 6.92 Å². The van der Waals surface area contributed by atoms with Crippen molar-refractivity contribution < 1.29 is 14.7 Å². The van der Waals surface area contributed by atoms with Gasteiger partial charge in [0.15, 0.2) is 0 Å². The Morgan fingerprint density at radius 1 is 1.45 bits per heavy atom. The molecule has 6 heteroatoms. The Hall–Kier alpha value is -1.85. The van der Waals surface area contributed by atoms with Crippen LogP contribution in [0.25, 0.3) is 0 Å². The smallest absolute Gasteiger partial charge is 0.308 e. The van der Waals surface area contributed by atoms with Crippen LogP contribution in [-0.4, -0.2) is 43.7 Å². The summed E-state index contributed by atoms with van der Waals surface area (Å²) in [7, 11) is 0. The molecule has 0 aliphatic carbocycles. The molecule has 2 saturated heterocycles. The molecule has 1 aromatic rings. The summed E-state index contributed by atoms with van der Waals surface area (Å²) in [6.45, 7) is 2.75. The van der Waals surface area contributed by atoms with Gasteiger partial charge >= 0.3 is 5.97 Å².